The van der Waals surface area contributed by atoms with Crippen molar-refractivity contribution in [2.24, 2.45) is 23.2 Å². The number of carbonyl (C=O) groups is 3. The molecule has 0 aromatic carbocycles. The number of furan rings is 1. The Morgan fingerprint density at radius 3 is 2.54 bits per heavy atom. The number of aromatic nitrogens is 1. The van der Waals surface area contributed by atoms with Crippen LogP contribution in [0.25, 0.3) is 11.5 Å². The van der Waals surface area contributed by atoms with E-state index < -0.39 is 6.04 Å². The molecule has 4 saturated carbocycles. The molecule has 1 atom stereocenters. The van der Waals surface area contributed by atoms with Gasteiger partial charge in [-0.2, -0.15) is 0 Å². The standard InChI is InChI=1S/C26H32N4O4S/c1-15(31)27-13-19-4-5-22(34-19)20-14-35-25(28-20)29-23(32)21-3-2-6-30(21)24(33)26-10-16-7-17(11-26)9-18(8-16)12-26/h4-5,14,16-18,21H,2-3,6-13H2,1H3,(H,27,31)(H,28,29,32). The minimum atomic E-state index is -0.421. The van der Waals surface area contributed by atoms with Crippen LogP contribution in [-0.4, -0.2) is 40.2 Å². The molecule has 1 unspecified atom stereocenters. The molecule has 7 rings (SSSR count). The largest absolute Gasteiger partial charge is 0.458 e. The topological polar surface area (TPSA) is 105 Å². The summed E-state index contributed by atoms with van der Waals surface area (Å²) < 4.78 is 5.77. The Morgan fingerprint density at radius 2 is 1.86 bits per heavy atom. The first-order valence-corrected chi connectivity index (χ1v) is 13.7. The second-order valence-electron chi connectivity index (χ2n) is 11.1. The van der Waals surface area contributed by atoms with Crippen molar-refractivity contribution in [3.8, 4) is 11.5 Å². The molecule has 2 aromatic heterocycles. The average Bonchev–Trinajstić information content (AvgIpc) is 3.56. The molecule has 2 N–H and O–H groups in total. The highest BCUT2D eigenvalue weighted by Gasteiger charge is 2.56. The Morgan fingerprint density at radius 1 is 1.14 bits per heavy atom. The van der Waals surface area contributed by atoms with Crippen molar-refractivity contribution in [1.29, 1.82) is 0 Å². The van der Waals surface area contributed by atoms with E-state index >= 15 is 0 Å². The normalized spacial score (nSPS) is 31.1. The first-order valence-electron chi connectivity index (χ1n) is 12.8. The van der Waals surface area contributed by atoms with Crippen LogP contribution in [0.2, 0.25) is 0 Å². The van der Waals surface area contributed by atoms with E-state index in [1.54, 1.807) is 12.1 Å². The summed E-state index contributed by atoms with van der Waals surface area (Å²) in [4.78, 5) is 44.6. The fourth-order valence-electron chi connectivity index (χ4n) is 7.41. The molecule has 2 aromatic rings. The summed E-state index contributed by atoms with van der Waals surface area (Å²) in [5.41, 5.74) is 0.410. The van der Waals surface area contributed by atoms with Crippen LogP contribution in [0.3, 0.4) is 0 Å². The lowest BCUT2D eigenvalue weighted by Gasteiger charge is -2.56. The van der Waals surface area contributed by atoms with Crippen LogP contribution in [-0.2, 0) is 20.9 Å². The molecule has 5 aliphatic rings. The molecule has 1 saturated heterocycles. The third-order valence-corrected chi connectivity index (χ3v) is 9.23. The molecule has 9 heteroatoms. The summed E-state index contributed by atoms with van der Waals surface area (Å²) in [6.07, 6.45) is 8.52. The van der Waals surface area contributed by atoms with Gasteiger partial charge in [-0.25, -0.2) is 4.98 Å². The highest BCUT2D eigenvalue weighted by atomic mass is 32.1. The molecular formula is C26H32N4O4S. The molecule has 186 valence electrons. The van der Waals surface area contributed by atoms with Gasteiger partial charge >= 0.3 is 0 Å². The Balaban J connectivity index is 1.12. The zero-order chi connectivity index (χ0) is 24.2. The number of thiazole rings is 1. The van der Waals surface area contributed by atoms with Gasteiger partial charge in [0.05, 0.1) is 12.0 Å². The van der Waals surface area contributed by atoms with Gasteiger partial charge in [0.1, 0.15) is 17.5 Å². The number of carbonyl (C=O) groups excluding carboxylic acids is 3. The van der Waals surface area contributed by atoms with E-state index in [0.29, 0.717) is 59.6 Å². The van der Waals surface area contributed by atoms with Crippen molar-refractivity contribution >= 4 is 34.2 Å². The van der Waals surface area contributed by atoms with E-state index in [1.165, 1.54) is 37.5 Å². The fourth-order valence-corrected chi connectivity index (χ4v) is 8.12. The molecule has 35 heavy (non-hydrogen) atoms. The molecule has 5 fully saturated rings. The Hall–Kier alpha value is -2.68. The van der Waals surface area contributed by atoms with Crippen molar-refractivity contribution in [2.45, 2.75) is 70.9 Å². The maximum Gasteiger partial charge on any atom is 0.248 e. The van der Waals surface area contributed by atoms with Crippen molar-refractivity contribution in [1.82, 2.24) is 15.2 Å². The molecule has 0 spiro atoms. The van der Waals surface area contributed by atoms with Gasteiger partial charge in [0, 0.05) is 18.8 Å². The van der Waals surface area contributed by atoms with Crippen molar-refractivity contribution in [3.05, 3.63) is 23.3 Å². The highest BCUT2D eigenvalue weighted by molar-refractivity contribution is 7.14. The lowest BCUT2D eigenvalue weighted by Crippen LogP contribution is -2.56. The van der Waals surface area contributed by atoms with Crippen LogP contribution in [0.4, 0.5) is 5.13 Å². The maximum atomic E-state index is 13.8. The molecule has 0 radical (unpaired) electrons. The molecule has 3 amide bonds. The zero-order valence-corrected chi connectivity index (χ0v) is 20.9. The number of amides is 3. The Labute approximate surface area is 208 Å². The van der Waals surface area contributed by atoms with E-state index in [2.05, 4.69) is 15.6 Å². The molecule has 1 aliphatic heterocycles. The Bertz CT molecular complexity index is 1120. The fraction of sp³-hybridized carbons (Fsp3) is 0.615. The molecule has 3 heterocycles. The second-order valence-corrected chi connectivity index (χ2v) is 11.9. The number of hydrogen-bond donors (Lipinski definition) is 2. The average molecular weight is 497 g/mol. The maximum absolute atomic E-state index is 13.8. The number of likely N-dealkylation sites (tertiary alicyclic amines) is 1. The van der Waals surface area contributed by atoms with E-state index in [-0.39, 0.29) is 23.1 Å². The zero-order valence-electron chi connectivity index (χ0n) is 20.0. The van der Waals surface area contributed by atoms with Crippen LogP contribution in [0, 0.1) is 23.2 Å². The van der Waals surface area contributed by atoms with Gasteiger partial charge in [-0.15, -0.1) is 11.3 Å². The number of hydrogen-bond acceptors (Lipinski definition) is 6. The van der Waals surface area contributed by atoms with E-state index in [1.807, 2.05) is 10.3 Å². The third kappa shape index (κ3) is 4.28. The number of nitrogens with one attached hydrogen (secondary N) is 2. The van der Waals surface area contributed by atoms with Gasteiger partial charge in [0.25, 0.3) is 0 Å². The molecular weight excluding hydrogens is 464 g/mol. The summed E-state index contributed by atoms with van der Waals surface area (Å²) in [6, 6.07) is 3.19. The van der Waals surface area contributed by atoms with Gasteiger partial charge in [0.2, 0.25) is 17.7 Å². The predicted molar refractivity (Wildman–Crippen MR) is 131 cm³/mol. The smallest absolute Gasteiger partial charge is 0.248 e. The third-order valence-electron chi connectivity index (χ3n) is 8.47. The quantitative estimate of drug-likeness (QED) is 0.624. The van der Waals surface area contributed by atoms with E-state index in [0.717, 1.165) is 25.7 Å². The summed E-state index contributed by atoms with van der Waals surface area (Å²) >= 11 is 1.34. The lowest BCUT2D eigenvalue weighted by molar-refractivity contribution is -0.160. The molecule has 4 aliphatic carbocycles. The van der Waals surface area contributed by atoms with Gasteiger partial charge in [-0.05, 0) is 81.3 Å². The summed E-state index contributed by atoms with van der Waals surface area (Å²) in [6.45, 7) is 2.45. The van der Waals surface area contributed by atoms with Crippen LogP contribution >= 0.6 is 11.3 Å². The Kier molecular flexibility index (Phi) is 5.70. The minimum Gasteiger partial charge on any atom is -0.458 e. The van der Waals surface area contributed by atoms with Crippen molar-refractivity contribution < 1.29 is 18.8 Å². The SMILES string of the molecule is CC(=O)NCc1ccc(-c2csc(NC(=O)C3CCCN3C(=O)C34CC5CC(CC(C5)C3)C4)n2)o1. The van der Waals surface area contributed by atoms with Gasteiger partial charge in [0.15, 0.2) is 10.9 Å². The number of nitrogens with zero attached hydrogens (tertiary/aromatic N) is 2. The van der Waals surface area contributed by atoms with Crippen molar-refractivity contribution in [3.63, 3.8) is 0 Å². The summed E-state index contributed by atoms with van der Waals surface area (Å²) in [5, 5.41) is 8.00. The van der Waals surface area contributed by atoms with Crippen molar-refractivity contribution in [2.75, 3.05) is 11.9 Å². The number of rotatable bonds is 6. The molecule has 4 bridgehead atoms. The first-order chi connectivity index (χ1) is 16.9. The van der Waals surface area contributed by atoms with E-state index in [9.17, 15) is 14.4 Å². The van der Waals surface area contributed by atoms with Crippen LogP contribution < -0.4 is 10.6 Å². The van der Waals surface area contributed by atoms with Gasteiger partial charge in [-0.3, -0.25) is 14.4 Å². The van der Waals surface area contributed by atoms with Crippen LogP contribution in [0.5, 0.6) is 0 Å². The highest BCUT2D eigenvalue weighted by Crippen LogP contribution is 2.60. The monoisotopic (exact) mass is 496 g/mol. The lowest BCUT2D eigenvalue weighted by atomic mass is 9.49. The summed E-state index contributed by atoms with van der Waals surface area (Å²) in [5.74, 6) is 3.30. The van der Waals surface area contributed by atoms with Crippen LogP contribution in [0.15, 0.2) is 21.9 Å². The second kappa shape index (κ2) is 8.76. The number of anilines is 1. The van der Waals surface area contributed by atoms with Gasteiger partial charge < -0.3 is 20.0 Å². The van der Waals surface area contributed by atoms with E-state index in [4.69, 9.17) is 4.42 Å². The summed E-state index contributed by atoms with van der Waals surface area (Å²) in [7, 11) is 0. The first kappa shape index (κ1) is 22.8. The van der Waals surface area contributed by atoms with Gasteiger partial charge in [-0.1, -0.05) is 0 Å². The minimum absolute atomic E-state index is 0.121. The predicted octanol–water partition coefficient (Wildman–Crippen LogP) is 4.19. The molecule has 8 nitrogen and oxygen atoms in total. The van der Waals surface area contributed by atoms with Crippen LogP contribution in [0.1, 0.15) is 64.1 Å².